The third kappa shape index (κ3) is 4.27. The summed E-state index contributed by atoms with van der Waals surface area (Å²) in [6.45, 7) is 12.3. The second-order valence-corrected chi connectivity index (χ2v) is 7.76. The van der Waals surface area contributed by atoms with Gasteiger partial charge in [-0.3, -0.25) is 0 Å². The van der Waals surface area contributed by atoms with Crippen molar-refractivity contribution in [3.8, 4) is 23.7 Å². The number of hydrogen-bond donors (Lipinski definition) is 0. The molecular formula is C32H24. The maximum atomic E-state index is 4.08. The van der Waals surface area contributed by atoms with Crippen molar-refractivity contribution in [3.63, 3.8) is 0 Å². The van der Waals surface area contributed by atoms with E-state index in [1.807, 2.05) is 48.6 Å². The van der Waals surface area contributed by atoms with E-state index in [1.54, 1.807) is 0 Å². The van der Waals surface area contributed by atoms with Crippen molar-refractivity contribution in [2.45, 2.75) is 13.8 Å². The maximum Gasteiger partial charge on any atom is 0.0406 e. The largest absolute Gasteiger partial charge is 0.0984 e. The molecule has 0 N–H and O–H groups in total. The Morgan fingerprint density at radius 2 is 0.906 bits per heavy atom. The van der Waals surface area contributed by atoms with Crippen LogP contribution in [-0.2, 0) is 0 Å². The van der Waals surface area contributed by atoms with Crippen LogP contribution in [0.3, 0.4) is 0 Å². The Labute approximate surface area is 190 Å². The molecule has 0 saturated heterocycles. The lowest BCUT2D eigenvalue weighted by atomic mass is 9.89. The van der Waals surface area contributed by atoms with Gasteiger partial charge in [0, 0.05) is 22.3 Å². The minimum atomic E-state index is 0.951. The third-order valence-electron chi connectivity index (χ3n) is 5.47. The monoisotopic (exact) mass is 408 g/mol. The first-order chi connectivity index (χ1) is 15.6. The standard InChI is InChI=1S/C32H24/c1-5-27-28(6-2)32(22-20-26-17-13-24(4)14-18-26)30-10-8-7-9-29(30)31(27)21-19-25-15-11-23(3)12-16-25/h5-18H,1-2H2,3-4H3. The van der Waals surface area contributed by atoms with Gasteiger partial charge in [-0.25, -0.2) is 0 Å². The molecule has 0 aromatic heterocycles. The van der Waals surface area contributed by atoms with Crippen molar-refractivity contribution in [3.05, 3.63) is 130 Å². The molecule has 0 nitrogen and oxygen atoms in total. The van der Waals surface area contributed by atoms with Crippen molar-refractivity contribution in [2.24, 2.45) is 0 Å². The second-order valence-electron chi connectivity index (χ2n) is 7.76. The molecule has 32 heavy (non-hydrogen) atoms. The van der Waals surface area contributed by atoms with Gasteiger partial charge in [0.2, 0.25) is 0 Å². The predicted molar refractivity (Wildman–Crippen MR) is 138 cm³/mol. The Morgan fingerprint density at radius 3 is 1.25 bits per heavy atom. The molecule has 0 unspecified atom stereocenters. The highest BCUT2D eigenvalue weighted by molar-refractivity contribution is 5.99. The number of rotatable bonds is 2. The van der Waals surface area contributed by atoms with Crippen LogP contribution in [0.25, 0.3) is 22.9 Å². The molecule has 0 heterocycles. The summed E-state index contributed by atoms with van der Waals surface area (Å²) in [5.41, 5.74) is 8.24. The van der Waals surface area contributed by atoms with E-state index in [9.17, 15) is 0 Å². The molecular weight excluding hydrogens is 384 g/mol. The van der Waals surface area contributed by atoms with Crippen molar-refractivity contribution in [1.82, 2.24) is 0 Å². The van der Waals surface area contributed by atoms with Gasteiger partial charge in [-0.2, -0.15) is 0 Å². The lowest BCUT2D eigenvalue weighted by Gasteiger charge is -2.13. The van der Waals surface area contributed by atoms with Crippen LogP contribution in [0.5, 0.6) is 0 Å². The smallest absolute Gasteiger partial charge is 0.0406 e. The van der Waals surface area contributed by atoms with Crippen LogP contribution in [0.1, 0.15) is 44.5 Å². The van der Waals surface area contributed by atoms with Gasteiger partial charge in [0.1, 0.15) is 0 Å². The highest BCUT2D eigenvalue weighted by Crippen LogP contribution is 2.32. The molecule has 0 amide bonds. The summed E-state index contributed by atoms with van der Waals surface area (Å²) in [6.07, 6.45) is 3.72. The van der Waals surface area contributed by atoms with Crippen LogP contribution >= 0.6 is 0 Å². The third-order valence-corrected chi connectivity index (χ3v) is 5.47. The molecule has 0 aliphatic rings. The lowest BCUT2D eigenvalue weighted by molar-refractivity contribution is 1.46. The van der Waals surface area contributed by atoms with Crippen molar-refractivity contribution < 1.29 is 0 Å². The first-order valence-electron chi connectivity index (χ1n) is 10.6. The molecule has 0 heteroatoms. The summed E-state index contributed by atoms with van der Waals surface area (Å²) >= 11 is 0. The van der Waals surface area contributed by atoms with Crippen molar-refractivity contribution in [2.75, 3.05) is 0 Å². The number of fused-ring (bicyclic) bond motifs is 1. The van der Waals surface area contributed by atoms with Crippen LogP contribution in [0.2, 0.25) is 0 Å². The van der Waals surface area contributed by atoms with E-state index in [0.29, 0.717) is 0 Å². The van der Waals surface area contributed by atoms with Crippen LogP contribution in [0.15, 0.2) is 86.0 Å². The van der Waals surface area contributed by atoms with Crippen molar-refractivity contribution >= 4 is 22.9 Å². The van der Waals surface area contributed by atoms with E-state index >= 15 is 0 Å². The number of aryl methyl sites for hydroxylation is 2. The highest BCUT2D eigenvalue weighted by Gasteiger charge is 2.14. The average molecular weight is 409 g/mol. The molecule has 4 aromatic rings. The van der Waals surface area contributed by atoms with E-state index in [-0.39, 0.29) is 0 Å². The zero-order chi connectivity index (χ0) is 22.5. The van der Waals surface area contributed by atoms with Crippen LogP contribution in [-0.4, -0.2) is 0 Å². The van der Waals surface area contributed by atoms with Gasteiger partial charge in [0.15, 0.2) is 0 Å². The molecule has 152 valence electrons. The van der Waals surface area contributed by atoms with Gasteiger partial charge in [-0.15, -0.1) is 0 Å². The van der Waals surface area contributed by atoms with Gasteiger partial charge in [-0.1, -0.05) is 109 Å². The molecule has 0 saturated carbocycles. The number of hydrogen-bond acceptors (Lipinski definition) is 0. The average Bonchev–Trinajstić information content (AvgIpc) is 2.82. The topological polar surface area (TPSA) is 0 Å². The summed E-state index contributed by atoms with van der Waals surface area (Å²) in [5.74, 6) is 13.5. The van der Waals surface area contributed by atoms with Crippen LogP contribution in [0.4, 0.5) is 0 Å². The highest BCUT2D eigenvalue weighted by atomic mass is 14.2. The molecule has 0 radical (unpaired) electrons. The molecule has 4 aromatic carbocycles. The summed E-state index contributed by atoms with van der Waals surface area (Å²) in [4.78, 5) is 0. The molecule has 0 spiro atoms. The lowest BCUT2D eigenvalue weighted by Crippen LogP contribution is -1.96. The van der Waals surface area contributed by atoms with E-state index in [4.69, 9.17) is 0 Å². The maximum absolute atomic E-state index is 4.08. The van der Waals surface area contributed by atoms with Crippen LogP contribution in [0, 0.1) is 37.5 Å². The fourth-order valence-electron chi connectivity index (χ4n) is 3.72. The van der Waals surface area contributed by atoms with Gasteiger partial charge >= 0.3 is 0 Å². The first kappa shape index (κ1) is 21.0. The number of benzene rings is 4. The summed E-state index contributed by atoms with van der Waals surface area (Å²) in [5, 5.41) is 2.14. The zero-order valence-electron chi connectivity index (χ0n) is 18.5. The van der Waals surface area contributed by atoms with E-state index < -0.39 is 0 Å². The Kier molecular flexibility index (Phi) is 6.07. The molecule has 0 aliphatic heterocycles. The Bertz CT molecular complexity index is 1330. The molecule has 0 bridgehead atoms. The van der Waals surface area contributed by atoms with E-state index in [2.05, 4.69) is 87.1 Å². The fraction of sp³-hybridized carbons (Fsp3) is 0.0625. The van der Waals surface area contributed by atoms with Gasteiger partial charge in [-0.05, 0) is 60.0 Å². The Hall–Kier alpha value is -4.26. The molecule has 0 fully saturated rings. The quantitative estimate of drug-likeness (QED) is 0.301. The zero-order valence-corrected chi connectivity index (χ0v) is 18.5. The molecule has 4 rings (SSSR count). The van der Waals surface area contributed by atoms with Crippen LogP contribution < -0.4 is 0 Å². The summed E-state index contributed by atoms with van der Waals surface area (Å²) in [7, 11) is 0. The Balaban J connectivity index is 1.95. The predicted octanol–water partition coefficient (Wildman–Crippen LogP) is 7.54. The van der Waals surface area contributed by atoms with Crippen molar-refractivity contribution in [1.29, 1.82) is 0 Å². The molecule has 0 aliphatic carbocycles. The molecule has 0 atom stereocenters. The minimum Gasteiger partial charge on any atom is -0.0984 e. The minimum absolute atomic E-state index is 0.951. The van der Waals surface area contributed by atoms with E-state index in [0.717, 1.165) is 44.2 Å². The summed E-state index contributed by atoms with van der Waals surface area (Å²) in [6, 6.07) is 24.8. The SMILES string of the molecule is C=Cc1c(C=C)c(C#Cc2ccc(C)cc2)c2ccccc2c1C#Cc1ccc(C)cc1. The Morgan fingerprint density at radius 1 is 0.531 bits per heavy atom. The fourth-order valence-corrected chi connectivity index (χ4v) is 3.72. The normalized spacial score (nSPS) is 9.94. The van der Waals surface area contributed by atoms with Gasteiger partial charge in [0.05, 0.1) is 0 Å². The first-order valence-corrected chi connectivity index (χ1v) is 10.6. The van der Waals surface area contributed by atoms with Gasteiger partial charge < -0.3 is 0 Å². The summed E-state index contributed by atoms with van der Waals surface area (Å²) < 4.78 is 0. The van der Waals surface area contributed by atoms with E-state index in [1.165, 1.54) is 11.1 Å². The second kappa shape index (κ2) is 9.26. The van der Waals surface area contributed by atoms with Gasteiger partial charge in [0.25, 0.3) is 0 Å².